The first-order valence-electron chi connectivity index (χ1n) is 6.98. The number of hydrogen-bond acceptors (Lipinski definition) is 4. The Bertz CT molecular complexity index is 642. The Labute approximate surface area is 133 Å². The minimum Gasteiger partial charge on any atom is -0.348 e. The minimum atomic E-state index is -0.394. The fourth-order valence-electron chi connectivity index (χ4n) is 1.62. The summed E-state index contributed by atoms with van der Waals surface area (Å²) >= 11 is 1.21. The maximum Gasteiger partial charge on any atom is 0.325 e. The lowest BCUT2D eigenvalue weighted by molar-refractivity contribution is 0.0935. The number of nitrogens with zero attached hydrogens (tertiary/aromatic N) is 1. The molecule has 1 aromatic carbocycles. The van der Waals surface area contributed by atoms with Crippen LogP contribution in [0.5, 0.6) is 0 Å². The molecule has 1 unspecified atom stereocenters. The predicted molar refractivity (Wildman–Crippen MR) is 88.4 cm³/mol. The summed E-state index contributed by atoms with van der Waals surface area (Å²) in [6, 6.07) is 8.79. The monoisotopic (exact) mass is 318 g/mol. The standard InChI is InChI=1S/C15H18N4O2S/c1-3-10(2)16-13(20)12-9-22-15(18-12)19-14(21)17-11-7-5-4-6-8-11/h4-10H,3H2,1-2H3,(H,16,20)(H2,17,18,19,21). The van der Waals surface area contributed by atoms with Gasteiger partial charge in [-0.05, 0) is 25.5 Å². The smallest absolute Gasteiger partial charge is 0.325 e. The topological polar surface area (TPSA) is 83.1 Å². The van der Waals surface area contributed by atoms with Crippen molar-refractivity contribution in [3.05, 3.63) is 41.4 Å². The molecule has 1 atom stereocenters. The second kappa shape index (κ2) is 7.56. The number of rotatable bonds is 5. The Morgan fingerprint density at radius 2 is 1.95 bits per heavy atom. The summed E-state index contributed by atoms with van der Waals surface area (Å²) in [5.41, 5.74) is 0.992. The van der Waals surface area contributed by atoms with Crippen LogP contribution in [-0.4, -0.2) is 23.0 Å². The van der Waals surface area contributed by atoms with Crippen LogP contribution >= 0.6 is 11.3 Å². The van der Waals surface area contributed by atoms with Crippen molar-refractivity contribution in [1.82, 2.24) is 10.3 Å². The van der Waals surface area contributed by atoms with Gasteiger partial charge in [0.15, 0.2) is 5.13 Å². The molecule has 0 saturated carbocycles. The third kappa shape index (κ3) is 4.56. The molecule has 0 bridgehead atoms. The second-order valence-corrected chi connectivity index (χ2v) is 5.62. The van der Waals surface area contributed by atoms with Crippen LogP contribution in [0.2, 0.25) is 0 Å². The van der Waals surface area contributed by atoms with Crippen molar-refractivity contribution in [3.63, 3.8) is 0 Å². The minimum absolute atomic E-state index is 0.0898. The van der Waals surface area contributed by atoms with Gasteiger partial charge in [-0.3, -0.25) is 10.1 Å². The molecule has 0 saturated heterocycles. The van der Waals surface area contributed by atoms with Gasteiger partial charge in [0.1, 0.15) is 5.69 Å². The first-order valence-corrected chi connectivity index (χ1v) is 7.86. The van der Waals surface area contributed by atoms with Crippen LogP contribution in [0, 0.1) is 0 Å². The number of carbonyl (C=O) groups excluding carboxylic acids is 2. The number of benzene rings is 1. The number of aromatic nitrogens is 1. The molecule has 0 aliphatic rings. The summed E-state index contributed by atoms with van der Waals surface area (Å²) in [6.07, 6.45) is 0.848. The van der Waals surface area contributed by atoms with Crippen LogP contribution in [0.4, 0.5) is 15.6 Å². The van der Waals surface area contributed by atoms with Gasteiger partial charge in [-0.2, -0.15) is 0 Å². The molecule has 0 aliphatic carbocycles. The number of para-hydroxylation sites is 1. The zero-order valence-corrected chi connectivity index (χ0v) is 13.2. The van der Waals surface area contributed by atoms with Crippen molar-refractivity contribution in [2.24, 2.45) is 0 Å². The van der Waals surface area contributed by atoms with E-state index in [9.17, 15) is 9.59 Å². The summed E-state index contributed by atoms with van der Waals surface area (Å²) in [6.45, 7) is 3.92. The van der Waals surface area contributed by atoms with Crippen LogP contribution < -0.4 is 16.0 Å². The Kier molecular flexibility index (Phi) is 5.48. The van der Waals surface area contributed by atoms with E-state index in [1.165, 1.54) is 11.3 Å². The molecule has 6 nitrogen and oxygen atoms in total. The van der Waals surface area contributed by atoms with Crippen LogP contribution in [-0.2, 0) is 0 Å². The molecular formula is C15H18N4O2S. The van der Waals surface area contributed by atoms with Crippen LogP contribution in [0.3, 0.4) is 0 Å². The third-order valence-corrected chi connectivity index (χ3v) is 3.74. The van der Waals surface area contributed by atoms with Crippen molar-refractivity contribution in [2.45, 2.75) is 26.3 Å². The molecule has 2 rings (SSSR count). The average molecular weight is 318 g/mol. The summed E-state index contributed by atoms with van der Waals surface area (Å²) in [4.78, 5) is 27.9. The van der Waals surface area contributed by atoms with E-state index in [1.807, 2.05) is 32.0 Å². The van der Waals surface area contributed by atoms with Crippen LogP contribution in [0.1, 0.15) is 30.8 Å². The number of nitrogens with one attached hydrogen (secondary N) is 3. The summed E-state index contributed by atoms with van der Waals surface area (Å²) in [5.74, 6) is -0.234. The molecule has 7 heteroatoms. The highest BCUT2D eigenvalue weighted by atomic mass is 32.1. The quantitative estimate of drug-likeness (QED) is 0.791. The van der Waals surface area contributed by atoms with E-state index in [-0.39, 0.29) is 11.9 Å². The molecule has 3 N–H and O–H groups in total. The van der Waals surface area contributed by atoms with Crippen molar-refractivity contribution >= 4 is 34.1 Å². The van der Waals surface area contributed by atoms with E-state index in [2.05, 4.69) is 20.9 Å². The van der Waals surface area contributed by atoms with Gasteiger partial charge in [0, 0.05) is 17.1 Å². The summed E-state index contributed by atoms with van der Waals surface area (Å²) in [5, 5.41) is 10.1. The number of amides is 3. The van der Waals surface area contributed by atoms with Gasteiger partial charge in [-0.25, -0.2) is 9.78 Å². The fourth-order valence-corrected chi connectivity index (χ4v) is 2.30. The summed E-state index contributed by atoms with van der Waals surface area (Å²) < 4.78 is 0. The molecule has 0 spiro atoms. The van der Waals surface area contributed by atoms with Crippen molar-refractivity contribution in [3.8, 4) is 0 Å². The Balaban J connectivity index is 1.91. The van der Waals surface area contributed by atoms with E-state index in [0.717, 1.165) is 6.42 Å². The first-order chi connectivity index (χ1) is 10.6. The van der Waals surface area contributed by atoms with Crippen LogP contribution in [0.25, 0.3) is 0 Å². The Hall–Kier alpha value is -2.41. The maximum atomic E-state index is 11.9. The maximum absolute atomic E-state index is 11.9. The van der Waals surface area contributed by atoms with Crippen molar-refractivity contribution < 1.29 is 9.59 Å². The fraction of sp³-hybridized carbons (Fsp3) is 0.267. The lowest BCUT2D eigenvalue weighted by Gasteiger charge is -2.09. The van der Waals surface area contributed by atoms with Crippen LogP contribution in [0.15, 0.2) is 35.7 Å². The average Bonchev–Trinajstić information content (AvgIpc) is 2.96. The lowest BCUT2D eigenvalue weighted by atomic mass is 10.2. The van der Waals surface area contributed by atoms with Crippen molar-refractivity contribution in [2.75, 3.05) is 10.6 Å². The van der Waals surface area contributed by atoms with E-state index in [1.54, 1.807) is 17.5 Å². The Morgan fingerprint density at radius 1 is 1.23 bits per heavy atom. The number of thiazole rings is 1. The zero-order chi connectivity index (χ0) is 15.9. The van der Waals surface area contributed by atoms with E-state index in [4.69, 9.17) is 0 Å². The summed E-state index contributed by atoms with van der Waals surface area (Å²) in [7, 11) is 0. The second-order valence-electron chi connectivity index (χ2n) is 4.77. The van der Waals surface area contributed by atoms with E-state index < -0.39 is 6.03 Å². The predicted octanol–water partition coefficient (Wildman–Crippen LogP) is 3.32. The molecule has 22 heavy (non-hydrogen) atoms. The number of hydrogen-bond donors (Lipinski definition) is 3. The Morgan fingerprint density at radius 3 is 2.64 bits per heavy atom. The molecule has 3 amide bonds. The number of urea groups is 1. The van der Waals surface area contributed by atoms with Gasteiger partial charge in [0.25, 0.3) is 5.91 Å². The third-order valence-electron chi connectivity index (χ3n) is 2.98. The van der Waals surface area contributed by atoms with Gasteiger partial charge in [-0.15, -0.1) is 11.3 Å². The molecule has 116 valence electrons. The van der Waals surface area contributed by atoms with Crippen molar-refractivity contribution in [1.29, 1.82) is 0 Å². The molecule has 0 radical (unpaired) electrons. The van der Waals surface area contributed by atoms with Gasteiger partial charge in [-0.1, -0.05) is 25.1 Å². The molecule has 2 aromatic rings. The van der Waals surface area contributed by atoms with Gasteiger partial charge >= 0.3 is 6.03 Å². The van der Waals surface area contributed by atoms with Gasteiger partial charge < -0.3 is 10.6 Å². The molecule has 1 aromatic heterocycles. The van der Waals surface area contributed by atoms with Gasteiger partial charge in [0.05, 0.1) is 0 Å². The molecule has 0 fully saturated rings. The van der Waals surface area contributed by atoms with E-state index in [0.29, 0.717) is 16.5 Å². The molecular weight excluding hydrogens is 300 g/mol. The lowest BCUT2D eigenvalue weighted by Crippen LogP contribution is -2.32. The van der Waals surface area contributed by atoms with E-state index >= 15 is 0 Å². The number of carbonyl (C=O) groups is 2. The largest absolute Gasteiger partial charge is 0.348 e. The van der Waals surface area contributed by atoms with Gasteiger partial charge in [0.2, 0.25) is 0 Å². The molecule has 0 aliphatic heterocycles. The normalized spacial score (nSPS) is 11.5. The zero-order valence-electron chi connectivity index (χ0n) is 12.4. The highest BCUT2D eigenvalue weighted by Gasteiger charge is 2.13. The number of anilines is 2. The first kappa shape index (κ1) is 16.0. The SMILES string of the molecule is CCC(C)NC(=O)c1csc(NC(=O)Nc2ccccc2)n1. The highest BCUT2D eigenvalue weighted by Crippen LogP contribution is 2.16. The molecule has 1 heterocycles. The highest BCUT2D eigenvalue weighted by molar-refractivity contribution is 7.14.